The first-order valence-electron chi connectivity index (χ1n) is 10.3. The molecular weight excluding hydrogens is 396 g/mol. The minimum Gasteiger partial charge on any atom is -0.497 e. The van der Waals surface area contributed by atoms with Crippen LogP contribution in [-0.4, -0.2) is 70.4 Å². The van der Waals surface area contributed by atoms with Crippen molar-refractivity contribution >= 4 is 17.6 Å². The highest BCUT2D eigenvalue weighted by atomic mass is 16.5. The molecule has 0 radical (unpaired) electrons. The molecule has 8 nitrogen and oxygen atoms in total. The van der Waals surface area contributed by atoms with E-state index in [1.54, 1.807) is 26.4 Å². The second kappa shape index (κ2) is 11.3. The molecule has 0 unspecified atom stereocenters. The minimum atomic E-state index is -0.226. The van der Waals surface area contributed by atoms with Gasteiger partial charge in [-0.3, -0.25) is 20.0 Å². The number of hydrogen-bond donors (Lipinski definition) is 2. The van der Waals surface area contributed by atoms with Crippen LogP contribution in [0.1, 0.15) is 15.9 Å². The zero-order chi connectivity index (χ0) is 22.1. The number of carbonyl (C=O) groups is 1. The topological polar surface area (TPSA) is 84.4 Å². The van der Waals surface area contributed by atoms with Gasteiger partial charge in [0.1, 0.15) is 11.5 Å². The molecule has 2 N–H and O–H groups in total. The fourth-order valence-electron chi connectivity index (χ4n) is 3.22. The molecule has 0 aliphatic carbocycles. The Balaban J connectivity index is 1.76. The number of aliphatic imine (C=N–C) groups is 1. The smallest absolute Gasteiger partial charge is 0.257 e. The number of morpholine rings is 1. The number of amides is 1. The van der Waals surface area contributed by atoms with Gasteiger partial charge in [-0.2, -0.15) is 0 Å². The summed E-state index contributed by atoms with van der Waals surface area (Å²) in [6.07, 6.45) is 0. The van der Waals surface area contributed by atoms with Crippen molar-refractivity contribution < 1.29 is 19.0 Å². The first-order valence-corrected chi connectivity index (χ1v) is 10.3. The third-order valence-corrected chi connectivity index (χ3v) is 4.92. The van der Waals surface area contributed by atoms with Crippen LogP contribution in [0.15, 0.2) is 47.5 Å². The molecule has 0 saturated carbocycles. The predicted octanol–water partition coefficient (Wildman–Crippen LogP) is 2.54. The van der Waals surface area contributed by atoms with Crippen LogP contribution in [0.5, 0.6) is 11.5 Å². The fraction of sp³-hybridized carbons (Fsp3) is 0.391. The summed E-state index contributed by atoms with van der Waals surface area (Å²) in [5.41, 5.74) is 2.29. The lowest BCUT2D eigenvalue weighted by Gasteiger charge is -2.25. The maximum absolute atomic E-state index is 12.8. The minimum absolute atomic E-state index is 0.226. The quantitative estimate of drug-likeness (QED) is 0.523. The SMILES string of the molecule is COc1cc(NC(=NCCN2CCOCC2)NC(=O)c2cccc(C)c2)cc(OC)c1. The van der Waals surface area contributed by atoms with Gasteiger partial charge in [0.2, 0.25) is 5.96 Å². The van der Waals surface area contributed by atoms with E-state index in [2.05, 4.69) is 20.5 Å². The van der Waals surface area contributed by atoms with Gasteiger partial charge in [-0.25, -0.2) is 0 Å². The zero-order valence-electron chi connectivity index (χ0n) is 18.3. The zero-order valence-corrected chi connectivity index (χ0v) is 18.3. The number of benzene rings is 2. The molecule has 1 aliphatic rings. The molecule has 1 saturated heterocycles. The van der Waals surface area contributed by atoms with E-state index in [1.807, 2.05) is 37.3 Å². The lowest BCUT2D eigenvalue weighted by molar-refractivity contribution is 0.0394. The second-order valence-electron chi connectivity index (χ2n) is 7.23. The number of methoxy groups -OCH3 is 2. The maximum Gasteiger partial charge on any atom is 0.257 e. The molecule has 1 heterocycles. The number of anilines is 1. The van der Waals surface area contributed by atoms with Gasteiger partial charge in [0.25, 0.3) is 5.91 Å². The summed E-state index contributed by atoms with van der Waals surface area (Å²) in [5.74, 6) is 1.42. The van der Waals surface area contributed by atoms with Crippen LogP contribution in [0.2, 0.25) is 0 Å². The molecule has 166 valence electrons. The van der Waals surface area contributed by atoms with Crippen molar-refractivity contribution in [2.45, 2.75) is 6.92 Å². The second-order valence-corrected chi connectivity index (χ2v) is 7.23. The van der Waals surface area contributed by atoms with Gasteiger partial charge < -0.3 is 19.5 Å². The average molecular weight is 427 g/mol. The van der Waals surface area contributed by atoms with Crippen LogP contribution in [0.3, 0.4) is 0 Å². The molecule has 8 heteroatoms. The van der Waals surface area contributed by atoms with Gasteiger partial charge in [0.05, 0.1) is 34.0 Å². The molecule has 1 aliphatic heterocycles. The van der Waals surface area contributed by atoms with E-state index >= 15 is 0 Å². The Labute approximate surface area is 183 Å². The fourth-order valence-corrected chi connectivity index (χ4v) is 3.22. The molecule has 0 atom stereocenters. The normalized spacial score (nSPS) is 14.7. The summed E-state index contributed by atoms with van der Waals surface area (Å²) < 4.78 is 16.1. The van der Waals surface area contributed by atoms with E-state index < -0.39 is 0 Å². The van der Waals surface area contributed by atoms with Crippen molar-refractivity contribution in [2.75, 3.05) is 58.9 Å². The standard InChI is InChI=1S/C23H30N4O4/c1-17-5-4-6-18(13-17)22(28)26-23(24-7-8-27-9-11-31-12-10-27)25-19-14-20(29-2)16-21(15-19)30-3/h4-6,13-16H,7-12H2,1-3H3,(H2,24,25,26,28). The summed E-state index contributed by atoms with van der Waals surface area (Å²) in [5, 5.41) is 6.09. The van der Waals surface area contributed by atoms with E-state index in [0.29, 0.717) is 35.3 Å². The lowest BCUT2D eigenvalue weighted by atomic mass is 10.1. The molecule has 2 aromatic carbocycles. The van der Waals surface area contributed by atoms with Crippen molar-refractivity contribution in [1.82, 2.24) is 10.2 Å². The Morgan fingerprint density at radius 3 is 2.45 bits per heavy atom. The van der Waals surface area contributed by atoms with E-state index in [1.165, 1.54) is 0 Å². The number of guanidine groups is 1. The highest BCUT2D eigenvalue weighted by molar-refractivity contribution is 6.10. The first kappa shape index (κ1) is 22.6. The Bertz CT molecular complexity index is 888. The van der Waals surface area contributed by atoms with Gasteiger partial charge in [-0.05, 0) is 19.1 Å². The maximum atomic E-state index is 12.8. The Hall–Kier alpha value is -3.10. The van der Waals surface area contributed by atoms with Crippen LogP contribution in [0.4, 0.5) is 5.69 Å². The molecule has 0 bridgehead atoms. The Kier molecular flexibility index (Phi) is 8.26. The predicted molar refractivity (Wildman–Crippen MR) is 121 cm³/mol. The Morgan fingerprint density at radius 2 is 1.81 bits per heavy atom. The van der Waals surface area contributed by atoms with Crippen LogP contribution in [0.25, 0.3) is 0 Å². The van der Waals surface area contributed by atoms with E-state index in [-0.39, 0.29) is 5.91 Å². The highest BCUT2D eigenvalue weighted by Gasteiger charge is 2.13. The van der Waals surface area contributed by atoms with Gasteiger partial charge in [-0.15, -0.1) is 0 Å². The monoisotopic (exact) mass is 426 g/mol. The number of hydrogen-bond acceptors (Lipinski definition) is 6. The van der Waals surface area contributed by atoms with Gasteiger partial charge in [-0.1, -0.05) is 17.7 Å². The van der Waals surface area contributed by atoms with Crippen molar-refractivity contribution in [2.24, 2.45) is 4.99 Å². The third-order valence-electron chi connectivity index (χ3n) is 4.92. The molecule has 1 amide bonds. The largest absolute Gasteiger partial charge is 0.497 e. The molecule has 0 aromatic heterocycles. The number of aryl methyl sites for hydroxylation is 1. The number of nitrogens with one attached hydrogen (secondary N) is 2. The van der Waals surface area contributed by atoms with Crippen LogP contribution in [-0.2, 0) is 4.74 Å². The molecular formula is C23H30N4O4. The summed E-state index contributed by atoms with van der Waals surface area (Å²) in [6, 6.07) is 12.9. The van der Waals surface area contributed by atoms with Crippen molar-refractivity contribution in [3.05, 3.63) is 53.6 Å². The van der Waals surface area contributed by atoms with E-state index in [4.69, 9.17) is 14.2 Å². The van der Waals surface area contributed by atoms with Crippen molar-refractivity contribution in [1.29, 1.82) is 0 Å². The molecule has 2 aromatic rings. The van der Waals surface area contributed by atoms with Crippen molar-refractivity contribution in [3.8, 4) is 11.5 Å². The number of nitrogens with zero attached hydrogens (tertiary/aromatic N) is 2. The van der Waals surface area contributed by atoms with Crippen molar-refractivity contribution in [3.63, 3.8) is 0 Å². The third kappa shape index (κ3) is 6.97. The average Bonchev–Trinajstić information content (AvgIpc) is 2.79. The van der Waals surface area contributed by atoms with Gasteiger partial charge >= 0.3 is 0 Å². The number of rotatable bonds is 7. The van der Waals surface area contributed by atoms with E-state index in [0.717, 1.165) is 38.4 Å². The molecule has 31 heavy (non-hydrogen) atoms. The van der Waals surface area contributed by atoms with Crippen LogP contribution < -0.4 is 20.1 Å². The Morgan fingerprint density at radius 1 is 1.10 bits per heavy atom. The summed E-state index contributed by atoms with van der Waals surface area (Å²) in [7, 11) is 3.19. The molecule has 3 rings (SSSR count). The molecule has 0 spiro atoms. The van der Waals surface area contributed by atoms with Gasteiger partial charge in [0, 0.05) is 49.1 Å². The lowest BCUT2D eigenvalue weighted by Crippen LogP contribution is -2.39. The first-order chi connectivity index (χ1) is 15.1. The summed E-state index contributed by atoms with van der Waals surface area (Å²) in [4.78, 5) is 19.7. The van der Waals surface area contributed by atoms with Crippen LogP contribution >= 0.6 is 0 Å². The summed E-state index contributed by atoms with van der Waals surface area (Å²) >= 11 is 0. The highest BCUT2D eigenvalue weighted by Crippen LogP contribution is 2.25. The number of carbonyl (C=O) groups excluding carboxylic acids is 1. The molecule has 1 fully saturated rings. The van der Waals surface area contributed by atoms with E-state index in [9.17, 15) is 4.79 Å². The van der Waals surface area contributed by atoms with Gasteiger partial charge in [0.15, 0.2) is 0 Å². The number of ether oxygens (including phenoxy) is 3. The summed E-state index contributed by atoms with van der Waals surface area (Å²) in [6.45, 7) is 6.54. The van der Waals surface area contributed by atoms with Crippen LogP contribution in [0, 0.1) is 6.92 Å².